The number of phenols is 1. The molecule has 0 saturated carbocycles. The minimum absolute atomic E-state index is 0.0691. The maximum Gasteiger partial charge on any atom is 0.254 e. The molecule has 0 bridgehead atoms. The second kappa shape index (κ2) is 7.79. The molecule has 0 aliphatic carbocycles. The number of nitrogens with zero attached hydrogens (tertiary/aromatic N) is 4. The van der Waals surface area contributed by atoms with E-state index in [1.54, 1.807) is 12.1 Å². The van der Waals surface area contributed by atoms with Gasteiger partial charge in [0.2, 0.25) is 0 Å². The van der Waals surface area contributed by atoms with E-state index in [1.807, 2.05) is 11.8 Å². The Kier molecular flexibility index (Phi) is 5.19. The van der Waals surface area contributed by atoms with Crippen LogP contribution in [0, 0.1) is 12.7 Å². The highest BCUT2D eigenvalue weighted by Crippen LogP contribution is 2.29. The Labute approximate surface area is 168 Å². The van der Waals surface area contributed by atoms with E-state index < -0.39 is 11.6 Å². The van der Waals surface area contributed by atoms with Crippen molar-refractivity contribution >= 4 is 16.9 Å². The average Bonchev–Trinajstić information content (AvgIpc) is 2.95. The molecule has 7 nitrogen and oxygen atoms in total. The molecule has 2 N–H and O–H groups in total. The number of H-pyrrole nitrogens is 1. The SMILES string of the molecule is CCN1CCCN(C(=O)c2cc(-c3ccc(O)c(F)c3)nc3n[nH]c(C)c23)CC1. The number of nitrogens with one attached hydrogen (secondary N) is 1. The quantitative estimate of drug-likeness (QED) is 0.710. The number of amides is 1. The number of aromatic nitrogens is 3. The first-order valence-electron chi connectivity index (χ1n) is 9.84. The van der Waals surface area contributed by atoms with Gasteiger partial charge in [-0.2, -0.15) is 5.10 Å². The van der Waals surface area contributed by atoms with Gasteiger partial charge in [0, 0.05) is 30.9 Å². The van der Waals surface area contributed by atoms with Crippen LogP contribution in [0.5, 0.6) is 5.75 Å². The number of aryl methyl sites for hydroxylation is 1. The molecule has 29 heavy (non-hydrogen) atoms. The number of benzene rings is 1. The van der Waals surface area contributed by atoms with Crippen molar-refractivity contribution in [1.82, 2.24) is 25.0 Å². The first-order chi connectivity index (χ1) is 14.0. The fourth-order valence-electron chi connectivity index (χ4n) is 3.82. The van der Waals surface area contributed by atoms with Crippen LogP contribution < -0.4 is 0 Å². The van der Waals surface area contributed by atoms with E-state index >= 15 is 0 Å². The maximum absolute atomic E-state index is 13.9. The van der Waals surface area contributed by atoms with Crippen LogP contribution in [-0.4, -0.2) is 68.7 Å². The lowest BCUT2D eigenvalue weighted by Gasteiger charge is -2.22. The molecule has 1 saturated heterocycles. The van der Waals surface area contributed by atoms with Crippen LogP contribution in [0.4, 0.5) is 4.39 Å². The Morgan fingerprint density at radius 1 is 1.24 bits per heavy atom. The smallest absolute Gasteiger partial charge is 0.254 e. The molecule has 1 aromatic carbocycles. The molecule has 1 aliphatic rings. The zero-order chi connectivity index (χ0) is 20.5. The number of aromatic hydroxyl groups is 1. The topological polar surface area (TPSA) is 85.3 Å². The highest BCUT2D eigenvalue weighted by atomic mass is 19.1. The van der Waals surface area contributed by atoms with Crippen molar-refractivity contribution in [3.05, 3.63) is 41.3 Å². The predicted octanol–water partition coefficient (Wildman–Crippen LogP) is 2.95. The Hall–Kier alpha value is -3.00. The van der Waals surface area contributed by atoms with Gasteiger partial charge in [0.25, 0.3) is 5.91 Å². The summed E-state index contributed by atoms with van der Waals surface area (Å²) in [7, 11) is 0. The summed E-state index contributed by atoms with van der Waals surface area (Å²) in [6.45, 7) is 8.14. The first-order valence-corrected chi connectivity index (χ1v) is 9.84. The fourth-order valence-corrected chi connectivity index (χ4v) is 3.82. The Morgan fingerprint density at radius 2 is 2.07 bits per heavy atom. The molecule has 3 aromatic rings. The zero-order valence-electron chi connectivity index (χ0n) is 16.6. The zero-order valence-corrected chi connectivity index (χ0v) is 16.6. The van der Waals surface area contributed by atoms with Crippen LogP contribution in [0.15, 0.2) is 24.3 Å². The number of hydrogen-bond donors (Lipinski definition) is 2. The molecule has 3 heterocycles. The highest BCUT2D eigenvalue weighted by molar-refractivity contribution is 6.07. The van der Waals surface area contributed by atoms with Crippen LogP contribution in [0.2, 0.25) is 0 Å². The number of rotatable bonds is 3. The lowest BCUT2D eigenvalue weighted by molar-refractivity contribution is 0.0763. The third-order valence-corrected chi connectivity index (χ3v) is 5.50. The van der Waals surface area contributed by atoms with Gasteiger partial charge in [0.15, 0.2) is 17.2 Å². The van der Waals surface area contributed by atoms with Crippen molar-refractivity contribution in [2.45, 2.75) is 20.3 Å². The fraction of sp³-hybridized carbons (Fsp3) is 0.381. The third kappa shape index (κ3) is 3.67. The van der Waals surface area contributed by atoms with Crippen molar-refractivity contribution < 1.29 is 14.3 Å². The Balaban J connectivity index is 1.77. The van der Waals surface area contributed by atoms with E-state index in [2.05, 4.69) is 27.0 Å². The molecule has 0 atom stereocenters. The predicted molar refractivity (Wildman–Crippen MR) is 108 cm³/mol. The molecule has 1 amide bonds. The molecule has 0 spiro atoms. The van der Waals surface area contributed by atoms with Crippen molar-refractivity contribution in [2.24, 2.45) is 0 Å². The lowest BCUT2D eigenvalue weighted by Crippen LogP contribution is -2.35. The number of carbonyl (C=O) groups is 1. The summed E-state index contributed by atoms with van der Waals surface area (Å²) in [5, 5.41) is 17.3. The largest absolute Gasteiger partial charge is 0.505 e. The van der Waals surface area contributed by atoms with Crippen molar-refractivity contribution in [3.63, 3.8) is 0 Å². The second-order valence-corrected chi connectivity index (χ2v) is 7.35. The number of aromatic amines is 1. The first kappa shape index (κ1) is 19.3. The number of halogens is 1. The van der Waals surface area contributed by atoms with Gasteiger partial charge in [0.1, 0.15) is 0 Å². The van der Waals surface area contributed by atoms with E-state index in [0.29, 0.717) is 40.9 Å². The lowest BCUT2D eigenvalue weighted by atomic mass is 10.0. The number of hydrogen-bond acceptors (Lipinski definition) is 5. The third-order valence-electron chi connectivity index (χ3n) is 5.50. The molecule has 0 radical (unpaired) electrons. The average molecular weight is 397 g/mol. The Morgan fingerprint density at radius 3 is 2.83 bits per heavy atom. The van der Waals surface area contributed by atoms with Gasteiger partial charge in [-0.05, 0) is 50.7 Å². The van der Waals surface area contributed by atoms with Crippen LogP contribution in [0.3, 0.4) is 0 Å². The van der Waals surface area contributed by atoms with E-state index in [0.717, 1.165) is 31.7 Å². The van der Waals surface area contributed by atoms with Crippen LogP contribution in [0.1, 0.15) is 29.4 Å². The number of phenolic OH excluding ortho intramolecular Hbond substituents is 1. The normalized spacial score (nSPS) is 15.6. The Bertz CT molecular complexity index is 1060. The number of likely N-dealkylation sites (N-methyl/N-ethyl adjacent to an activating group) is 1. The van der Waals surface area contributed by atoms with Gasteiger partial charge in [-0.25, -0.2) is 9.37 Å². The summed E-state index contributed by atoms with van der Waals surface area (Å²) >= 11 is 0. The van der Waals surface area contributed by atoms with Crippen LogP contribution in [0.25, 0.3) is 22.3 Å². The molecule has 0 unspecified atom stereocenters. The number of pyridine rings is 1. The van der Waals surface area contributed by atoms with Crippen LogP contribution in [-0.2, 0) is 0 Å². The molecular weight excluding hydrogens is 373 g/mol. The van der Waals surface area contributed by atoms with Gasteiger partial charge in [-0.3, -0.25) is 9.89 Å². The standard InChI is InChI=1S/C21H24FN5O2/c1-3-26-7-4-8-27(10-9-26)21(29)15-12-17(14-5-6-18(28)16(22)11-14)23-20-19(15)13(2)24-25-20/h5-6,11-12,28H,3-4,7-10H2,1-2H3,(H,23,24,25). The molecular formula is C21H24FN5O2. The summed E-state index contributed by atoms with van der Waals surface area (Å²) in [6, 6.07) is 5.76. The van der Waals surface area contributed by atoms with Gasteiger partial charge >= 0.3 is 0 Å². The van der Waals surface area contributed by atoms with Crippen LogP contribution >= 0.6 is 0 Å². The van der Waals surface area contributed by atoms with E-state index in [1.165, 1.54) is 12.1 Å². The number of fused-ring (bicyclic) bond motifs is 1. The van der Waals surface area contributed by atoms with E-state index in [-0.39, 0.29) is 5.91 Å². The van der Waals surface area contributed by atoms with Crippen molar-refractivity contribution in [3.8, 4) is 17.0 Å². The number of carbonyl (C=O) groups excluding carboxylic acids is 1. The minimum atomic E-state index is -0.734. The van der Waals surface area contributed by atoms with Crippen molar-refractivity contribution in [1.29, 1.82) is 0 Å². The molecule has 8 heteroatoms. The van der Waals surface area contributed by atoms with E-state index in [9.17, 15) is 14.3 Å². The van der Waals surface area contributed by atoms with Gasteiger partial charge < -0.3 is 14.9 Å². The molecule has 2 aromatic heterocycles. The molecule has 4 rings (SSSR count). The molecule has 1 aliphatic heterocycles. The second-order valence-electron chi connectivity index (χ2n) is 7.35. The van der Waals surface area contributed by atoms with E-state index in [4.69, 9.17) is 0 Å². The minimum Gasteiger partial charge on any atom is -0.505 e. The highest BCUT2D eigenvalue weighted by Gasteiger charge is 2.24. The molecule has 152 valence electrons. The summed E-state index contributed by atoms with van der Waals surface area (Å²) in [5.74, 6) is -1.23. The summed E-state index contributed by atoms with van der Waals surface area (Å²) in [6.07, 6.45) is 0.925. The van der Waals surface area contributed by atoms with Crippen molar-refractivity contribution in [2.75, 3.05) is 32.7 Å². The monoisotopic (exact) mass is 397 g/mol. The van der Waals surface area contributed by atoms with Gasteiger partial charge in [-0.1, -0.05) is 6.92 Å². The maximum atomic E-state index is 13.9. The summed E-state index contributed by atoms with van der Waals surface area (Å²) in [5.41, 5.74) is 2.61. The summed E-state index contributed by atoms with van der Waals surface area (Å²) in [4.78, 5) is 22.1. The van der Waals surface area contributed by atoms with Gasteiger partial charge in [0.05, 0.1) is 16.6 Å². The summed E-state index contributed by atoms with van der Waals surface area (Å²) < 4.78 is 13.9. The molecule has 1 fully saturated rings. The van der Waals surface area contributed by atoms with Gasteiger partial charge in [-0.15, -0.1) is 0 Å².